The van der Waals surface area contributed by atoms with Crippen molar-refractivity contribution in [1.82, 2.24) is 0 Å². The van der Waals surface area contributed by atoms with Crippen LogP contribution in [-0.4, -0.2) is 12.5 Å². The molecule has 0 fully saturated rings. The molecule has 0 unspecified atom stereocenters. The van der Waals surface area contributed by atoms with Gasteiger partial charge >= 0.3 is 0 Å². The van der Waals surface area contributed by atoms with Crippen LogP contribution in [0.25, 0.3) is 0 Å². The fourth-order valence-electron chi connectivity index (χ4n) is 1.95. The molecule has 0 aliphatic rings. The lowest BCUT2D eigenvalue weighted by Crippen LogP contribution is -2.22. The number of carbonyl (C=O) groups excluding carboxylic acids is 1. The van der Waals surface area contributed by atoms with Crippen molar-refractivity contribution in [3.8, 4) is 0 Å². The number of hydrogen-bond acceptors (Lipinski definition) is 2. The number of carbonyl (C=O) groups is 1. The van der Waals surface area contributed by atoms with E-state index in [2.05, 4.69) is 40.4 Å². The van der Waals surface area contributed by atoms with Gasteiger partial charge in [0.25, 0.3) is 0 Å². The first-order valence-corrected chi connectivity index (χ1v) is 7.62. The Balaban J connectivity index is 1.94. The molecule has 4 heteroatoms. The maximum atomic E-state index is 12.0. The van der Waals surface area contributed by atoms with Gasteiger partial charge in [0.15, 0.2) is 0 Å². The van der Waals surface area contributed by atoms with Gasteiger partial charge in [0, 0.05) is 10.2 Å². The largest absolute Gasteiger partial charge is 0.376 e. The minimum Gasteiger partial charge on any atom is -0.376 e. The quantitative estimate of drug-likeness (QED) is 0.859. The summed E-state index contributed by atoms with van der Waals surface area (Å²) in [6.07, 6.45) is 0. The first-order chi connectivity index (χ1) is 9.95. The molecule has 2 N–H and O–H groups in total. The summed E-state index contributed by atoms with van der Waals surface area (Å²) < 4.78 is 0.891. The van der Waals surface area contributed by atoms with E-state index in [-0.39, 0.29) is 12.5 Å². The third-order valence-electron chi connectivity index (χ3n) is 3.36. The Bertz CT molecular complexity index is 668. The van der Waals surface area contributed by atoms with E-state index in [1.165, 1.54) is 11.1 Å². The van der Waals surface area contributed by atoms with Crippen molar-refractivity contribution in [2.45, 2.75) is 20.8 Å². The van der Waals surface area contributed by atoms with Crippen molar-refractivity contribution in [3.05, 3.63) is 57.6 Å². The van der Waals surface area contributed by atoms with Crippen LogP contribution in [0.4, 0.5) is 11.4 Å². The number of rotatable bonds is 4. The average Bonchev–Trinajstić information content (AvgIpc) is 2.43. The van der Waals surface area contributed by atoms with Crippen molar-refractivity contribution in [2.24, 2.45) is 0 Å². The van der Waals surface area contributed by atoms with Gasteiger partial charge in [-0.1, -0.05) is 12.1 Å². The summed E-state index contributed by atoms with van der Waals surface area (Å²) in [6, 6.07) is 11.9. The minimum absolute atomic E-state index is 0.0715. The number of nitrogens with one attached hydrogen (secondary N) is 2. The van der Waals surface area contributed by atoms with Gasteiger partial charge in [0.2, 0.25) is 5.91 Å². The van der Waals surface area contributed by atoms with Crippen molar-refractivity contribution in [2.75, 3.05) is 17.2 Å². The lowest BCUT2D eigenvalue weighted by atomic mass is 10.1. The number of anilines is 2. The summed E-state index contributed by atoms with van der Waals surface area (Å²) in [5.74, 6) is -0.0715. The summed E-state index contributed by atoms with van der Waals surface area (Å²) in [5, 5.41) is 6.02. The third-order valence-corrected chi connectivity index (χ3v) is 4.01. The molecule has 0 heterocycles. The SMILES string of the molecule is Cc1ccc(NC(=O)CNc2ccc(C)c(C)c2)c(Br)c1. The van der Waals surface area contributed by atoms with E-state index in [0.29, 0.717) is 0 Å². The van der Waals surface area contributed by atoms with Crippen molar-refractivity contribution in [1.29, 1.82) is 0 Å². The number of halogens is 1. The monoisotopic (exact) mass is 346 g/mol. The molecule has 0 aliphatic heterocycles. The van der Waals surface area contributed by atoms with E-state index in [1.807, 2.05) is 43.3 Å². The molecule has 2 aromatic carbocycles. The van der Waals surface area contributed by atoms with Crippen LogP contribution in [0.3, 0.4) is 0 Å². The van der Waals surface area contributed by atoms with Crippen molar-refractivity contribution < 1.29 is 4.79 Å². The van der Waals surface area contributed by atoms with E-state index in [0.717, 1.165) is 21.4 Å². The van der Waals surface area contributed by atoms with Gasteiger partial charge in [-0.15, -0.1) is 0 Å². The van der Waals surface area contributed by atoms with E-state index in [4.69, 9.17) is 0 Å². The highest BCUT2D eigenvalue weighted by Gasteiger charge is 2.06. The second-order valence-corrected chi connectivity index (χ2v) is 6.04. The Morgan fingerprint density at radius 3 is 2.48 bits per heavy atom. The van der Waals surface area contributed by atoms with Crippen LogP contribution in [-0.2, 0) is 4.79 Å². The van der Waals surface area contributed by atoms with Crippen LogP contribution in [0.5, 0.6) is 0 Å². The van der Waals surface area contributed by atoms with Crippen molar-refractivity contribution in [3.63, 3.8) is 0 Å². The van der Waals surface area contributed by atoms with E-state index >= 15 is 0 Å². The van der Waals surface area contributed by atoms with Gasteiger partial charge in [0.05, 0.1) is 12.2 Å². The van der Waals surface area contributed by atoms with Crippen LogP contribution in [0, 0.1) is 20.8 Å². The summed E-state index contributed by atoms with van der Waals surface area (Å²) in [4.78, 5) is 12.0. The smallest absolute Gasteiger partial charge is 0.243 e. The predicted molar refractivity (Wildman–Crippen MR) is 91.9 cm³/mol. The van der Waals surface area contributed by atoms with Crippen LogP contribution in [0.1, 0.15) is 16.7 Å². The summed E-state index contributed by atoms with van der Waals surface area (Å²) in [6.45, 7) is 6.38. The topological polar surface area (TPSA) is 41.1 Å². The van der Waals surface area contributed by atoms with Gasteiger partial charge in [-0.05, 0) is 77.7 Å². The molecule has 0 spiro atoms. The molecule has 0 saturated carbocycles. The zero-order valence-electron chi connectivity index (χ0n) is 12.5. The molecular weight excluding hydrogens is 328 g/mol. The van der Waals surface area contributed by atoms with E-state index in [1.54, 1.807) is 0 Å². The maximum absolute atomic E-state index is 12.0. The third kappa shape index (κ3) is 4.33. The lowest BCUT2D eigenvalue weighted by molar-refractivity contribution is -0.114. The number of aryl methyl sites for hydroxylation is 3. The zero-order chi connectivity index (χ0) is 15.4. The highest BCUT2D eigenvalue weighted by Crippen LogP contribution is 2.23. The molecule has 1 amide bonds. The molecular formula is C17H19BrN2O. The summed E-state index contributed by atoms with van der Waals surface area (Å²) >= 11 is 3.45. The predicted octanol–water partition coefficient (Wildman–Crippen LogP) is 4.42. The second-order valence-electron chi connectivity index (χ2n) is 5.18. The zero-order valence-corrected chi connectivity index (χ0v) is 14.0. The number of amides is 1. The van der Waals surface area contributed by atoms with Crippen LogP contribution < -0.4 is 10.6 Å². The molecule has 0 aliphatic carbocycles. The Morgan fingerprint density at radius 2 is 1.81 bits per heavy atom. The Hall–Kier alpha value is -1.81. The van der Waals surface area contributed by atoms with Crippen molar-refractivity contribution >= 4 is 33.2 Å². The summed E-state index contributed by atoms with van der Waals surface area (Å²) in [7, 11) is 0. The first kappa shape index (κ1) is 15.6. The molecule has 2 rings (SSSR count). The van der Waals surface area contributed by atoms with Gasteiger partial charge < -0.3 is 10.6 Å². The average molecular weight is 347 g/mol. The molecule has 3 nitrogen and oxygen atoms in total. The van der Waals surface area contributed by atoms with Gasteiger partial charge in [0.1, 0.15) is 0 Å². The minimum atomic E-state index is -0.0715. The Morgan fingerprint density at radius 1 is 1.05 bits per heavy atom. The molecule has 2 aromatic rings. The summed E-state index contributed by atoms with van der Waals surface area (Å²) in [5.41, 5.74) is 5.34. The second kappa shape index (κ2) is 6.76. The molecule has 0 atom stereocenters. The molecule has 0 aromatic heterocycles. The van der Waals surface area contributed by atoms with Crippen LogP contribution in [0.15, 0.2) is 40.9 Å². The van der Waals surface area contributed by atoms with Gasteiger partial charge in [-0.2, -0.15) is 0 Å². The number of benzene rings is 2. The standard InChI is InChI=1S/C17H19BrN2O/c1-11-4-7-16(15(18)8-11)20-17(21)10-19-14-6-5-12(2)13(3)9-14/h4-9,19H,10H2,1-3H3,(H,20,21). The van der Waals surface area contributed by atoms with E-state index < -0.39 is 0 Å². The maximum Gasteiger partial charge on any atom is 0.243 e. The first-order valence-electron chi connectivity index (χ1n) is 6.83. The van der Waals surface area contributed by atoms with Crippen LogP contribution >= 0.6 is 15.9 Å². The lowest BCUT2D eigenvalue weighted by Gasteiger charge is -2.11. The molecule has 0 radical (unpaired) electrons. The molecule has 0 bridgehead atoms. The normalized spacial score (nSPS) is 10.3. The Labute approximate surface area is 133 Å². The van der Waals surface area contributed by atoms with Gasteiger partial charge in [-0.25, -0.2) is 0 Å². The fourth-order valence-corrected chi connectivity index (χ4v) is 2.54. The van der Waals surface area contributed by atoms with E-state index in [9.17, 15) is 4.79 Å². The number of hydrogen-bond donors (Lipinski definition) is 2. The highest BCUT2D eigenvalue weighted by molar-refractivity contribution is 9.10. The fraction of sp³-hybridized carbons (Fsp3) is 0.235. The molecule has 110 valence electrons. The molecule has 0 saturated heterocycles. The van der Waals surface area contributed by atoms with Gasteiger partial charge in [-0.3, -0.25) is 4.79 Å². The van der Waals surface area contributed by atoms with Crippen LogP contribution in [0.2, 0.25) is 0 Å². The highest BCUT2D eigenvalue weighted by atomic mass is 79.9. The molecule has 21 heavy (non-hydrogen) atoms. The Kier molecular flexibility index (Phi) is 5.02.